The number of fused-ring (bicyclic) bond motifs is 1. The first-order valence-corrected chi connectivity index (χ1v) is 5.18. The lowest BCUT2D eigenvalue weighted by Crippen LogP contribution is -2.23. The van der Waals surface area contributed by atoms with Crippen LogP contribution in [0, 0.1) is 0 Å². The van der Waals surface area contributed by atoms with E-state index in [0.717, 1.165) is 5.56 Å². The molecule has 0 aromatic heterocycles. The zero-order valence-corrected chi connectivity index (χ0v) is 9.42. The van der Waals surface area contributed by atoms with Gasteiger partial charge in [0.25, 0.3) is 0 Å². The number of alkyl halides is 1. The van der Waals surface area contributed by atoms with Gasteiger partial charge in [-0.2, -0.15) is 0 Å². The van der Waals surface area contributed by atoms with Gasteiger partial charge in [-0.1, -0.05) is 13.8 Å². The lowest BCUT2D eigenvalue weighted by Gasteiger charge is -2.25. The maximum absolute atomic E-state index is 12.9. The molecule has 88 valence electrons. The van der Waals surface area contributed by atoms with E-state index in [2.05, 4.69) is 0 Å². The largest absolute Gasteiger partial charge is 0.454 e. The molecule has 1 aliphatic heterocycles. The van der Waals surface area contributed by atoms with E-state index in [9.17, 15) is 9.50 Å². The van der Waals surface area contributed by atoms with Crippen LogP contribution in [0.1, 0.15) is 25.0 Å². The van der Waals surface area contributed by atoms with Crippen molar-refractivity contribution in [3.63, 3.8) is 0 Å². The molecule has 0 spiro atoms. The smallest absolute Gasteiger partial charge is 0.231 e. The Hall–Kier alpha value is -1.29. The number of aliphatic hydroxyl groups is 1. The maximum atomic E-state index is 12.9. The van der Waals surface area contributed by atoms with Crippen LogP contribution in [-0.2, 0) is 12.1 Å². The van der Waals surface area contributed by atoms with Crippen LogP contribution in [0.15, 0.2) is 12.1 Å². The van der Waals surface area contributed by atoms with Crippen molar-refractivity contribution in [3.8, 4) is 11.5 Å². The van der Waals surface area contributed by atoms with Crippen LogP contribution in [0.25, 0.3) is 0 Å². The summed E-state index contributed by atoms with van der Waals surface area (Å²) in [4.78, 5) is 0. The molecule has 0 amide bonds. The molecule has 16 heavy (non-hydrogen) atoms. The van der Waals surface area contributed by atoms with Crippen molar-refractivity contribution < 1.29 is 19.0 Å². The second-order valence-corrected chi connectivity index (χ2v) is 4.54. The molecule has 1 aromatic carbocycles. The Morgan fingerprint density at radius 3 is 2.50 bits per heavy atom. The number of aliphatic hydroxyl groups excluding tert-OH is 1. The van der Waals surface area contributed by atoms with Crippen molar-refractivity contribution in [2.75, 3.05) is 13.4 Å². The van der Waals surface area contributed by atoms with Crippen LogP contribution in [0.3, 0.4) is 0 Å². The zero-order chi connectivity index (χ0) is 11.8. The Morgan fingerprint density at radius 2 is 1.94 bits per heavy atom. The molecular formula is C12H15FO3. The van der Waals surface area contributed by atoms with Crippen molar-refractivity contribution in [2.24, 2.45) is 0 Å². The van der Waals surface area contributed by atoms with E-state index in [4.69, 9.17) is 9.47 Å². The predicted molar refractivity (Wildman–Crippen MR) is 57.5 cm³/mol. The molecule has 0 saturated heterocycles. The van der Waals surface area contributed by atoms with Gasteiger partial charge >= 0.3 is 0 Å². The van der Waals surface area contributed by atoms with Gasteiger partial charge < -0.3 is 14.6 Å². The number of halogens is 1. The van der Waals surface area contributed by atoms with Gasteiger partial charge in [0.15, 0.2) is 11.5 Å². The summed E-state index contributed by atoms with van der Waals surface area (Å²) in [6.07, 6.45) is 0. The minimum Gasteiger partial charge on any atom is -0.454 e. The number of hydrogen-bond donors (Lipinski definition) is 1. The fourth-order valence-corrected chi connectivity index (χ4v) is 1.81. The fourth-order valence-electron chi connectivity index (χ4n) is 1.81. The summed E-state index contributed by atoms with van der Waals surface area (Å²) in [5.41, 5.74) is 0.827. The van der Waals surface area contributed by atoms with Crippen molar-refractivity contribution >= 4 is 0 Å². The second kappa shape index (κ2) is 3.94. The summed E-state index contributed by atoms with van der Waals surface area (Å²) < 4.78 is 23.4. The average molecular weight is 226 g/mol. The highest BCUT2D eigenvalue weighted by molar-refractivity contribution is 5.50. The summed E-state index contributed by atoms with van der Waals surface area (Å²) >= 11 is 0. The normalized spacial score (nSPS) is 14.2. The summed E-state index contributed by atoms with van der Waals surface area (Å²) in [5.74, 6) is 1.19. The zero-order valence-electron chi connectivity index (χ0n) is 9.42. The van der Waals surface area contributed by atoms with Crippen molar-refractivity contribution in [1.29, 1.82) is 0 Å². The highest BCUT2D eigenvalue weighted by atomic mass is 19.1. The van der Waals surface area contributed by atoms with E-state index >= 15 is 0 Å². The monoisotopic (exact) mass is 226 g/mol. The lowest BCUT2D eigenvalue weighted by atomic mass is 9.82. The van der Waals surface area contributed by atoms with E-state index in [-0.39, 0.29) is 13.4 Å². The Kier molecular flexibility index (Phi) is 2.76. The second-order valence-electron chi connectivity index (χ2n) is 4.54. The highest BCUT2D eigenvalue weighted by Gasteiger charge is 2.26. The molecule has 0 unspecified atom stereocenters. The third-order valence-electron chi connectivity index (χ3n) is 2.87. The molecule has 0 radical (unpaired) electrons. The molecule has 1 heterocycles. The minimum atomic E-state index is -0.574. The Labute approximate surface area is 93.8 Å². The van der Waals surface area contributed by atoms with E-state index in [1.165, 1.54) is 0 Å². The molecule has 4 heteroatoms. The van der Waals surface area contributed by atoms with E-state index in [0.29, 0.717) is 17.1 Å². The van der Waals surface area contributed by atoms with Gasteiger partial charge in [0.1, 0.15) is 6.67 Å². The molecule has 0 atom stereocenters. The molecule has 2 rings (SSSR count). The number of rotatable bonds is 3. The minimum absolute atomic E-state index is 0.0420. The van der Waals surface area contributed by atoms with Crippen LogP contribution >= 0.6 is 0 Å². The van der Waals surface area contributed by atoms with Gasteiger partial charge in [-0.3, -0.25) is 0 Å². The van der Waals surface area contributed by atoms with E-state index < -0.39 is 12.1 Å². The van der Waals surface area contributed by atoms with Crippen LogP contribution in [0.2, 0.25) is 0 Å². The van der Waals surface area contributed by atoms with Crippen LogP contribution in [0.4, 0.5) is 4.39 Å². The molecular weight excluding hydrogens is 211 g/mol. The van der Waals surface area contributed by atoms with Crippen molar-refractivity contribution in [1.82, 2.24) is 0 Å². The lowest BCUT2D eigenvalue weighted by molar-refractivity contribution is 0.173. The van der Waals surface area contributed by atoms with Gasteiger partial charge in [-0.25, -0.2) is 4.39 Å². The number of ether oxygens (including phenoxy) is 2. The Morgan fingerprint density at radius 1 is 1.31 bits per heavy atom. The topological polar surface area (TPSA) is 38.7 Å². The first kappa shape index (κ1) is 11.2. The molecule has 1 N–H and O–H groups in total. The van der Waals surface area contributed by atoms with Crippen molar-refractivity contribution in [3.05, 3.63) is 23.3 Å². The summed E-state index contributed by atoms with van der Waals surface area (Å²) in [5, 5.41) is 9.32. The third-order valence-corrected chi connectivity index (χ3v) is 2.87. The Bertz CT molecular complexity index is 401. The maximum Gasteiger partial charge on any atom is 0.231 e. The van der Waals surface area contributed by atoms with Gasteiger partial charge in [-0.15, -0.1) is 0 Å². The summed E-state index contributed by atoms with van der Waals surface area (Å²) in [7, 11) is 0. The van der Waals surface area contributed by atoms with Gasteiger partial charge in [0, 0.05) is 5.41 Å². The highest BCUT2D eigenvalue weighted by Crippen LogP contribution is 2.39. The van der Waals surface area contributed by atoms with Gasteiger partial charge in [0.05, 0.1) is 6.61 Å². The SMILES string of the molecule is CC(C)(CO)c1cc2c(cc1CF)OCO2. The molecule has 3 nitrogen and oxygen atoms in total. The fraction of sp³-hybridized carbons (Fsp3) is 0.500. The first-order valence-electron chi connectivity index (χ1n) is 5.18. The molecule has 0 aliphatic carbocycles. The molecule has 0 bridgehead atoms. The quantitative estimate of drug-likeness (QED) is 0.858. The summed E-state index contributed by atoms with van der Waals surface area (Å²) in [6.45, 7) is 3.28. The molecule has 1 aromatic rings. The predicted octanol–water partition coefficient (Wildman–Crippen LogP) is 2.15. The van der Waals surface area contributed by atoms with E-state index in [1.54, 1.807) is 12.1 Å². The molecule has 0 saturated carbocycles. The Balaban J connectivity index is 2.52. The first-order chi connectivity index (χ1) is 7.58. The van der Waals surface area contributed by atoms with Crippen molar-refractivity contribution in [2.45, 2.75) is 25.9 Å². The van der Waals surface area contributed by atoms with Crippen LogP contribution < -0.4 is 9.47 Å². The molecule has 0 fully saturated rings. The molecule has 1 aliphatic rings. The third kappa shape index (κ3) is 1.73. The average Bonchev–Trinajstić information content (AvgIpc) is 2.74. The van der Waals surface area contributed by atoms with Crippen LogP contribution in [-0.4, -0.2) is 18.5 Å². The van der Waals surface area contributed by atoms with Gasteiger partial charge in [-0.05, 0) is 23.3 Å². The number of benzene rings is 1. The number of hydrogen-bond acceptors (Lipinski definition) is 3. The van der Waals surface area contributed by atoms with E-state index in [1.807, 2.05) is 13.8 Å². The standard InChI is InChI=1S/C12H15FO3/c1-12(2,6-14)9-4-11-10(15-7-16-11)3-8(9)5-13/h3-4,14H,5-7H2,1-2H3. The van der Waals surface area contributed by atoms with Crippen LogP contribution in [0.5, 0.6) is 11.5 Å². The van der Waals surface area contributed by atoms with Gasteiger partial charge in [0.2, 0.25) is 6.79 Å². The summed E-state index contributed by atoms with van der Waals surface area (Å²) in [6, 6.07) is 3.41.